The van der Waals surface area contributed by atoms with E-state index in [0.29, 0.717) is 11.8 Å². The number of nitrogens with two attached hydrogens (primary N) is 1. The van der Waals surface area contributed by atoms with Crippen LogP contribution in [0.25, 0.3) is 0 Å². The van der Waals surface area contributed by atoms with Crippen molar-refractivity contribution in [3.8, 4) is 0 Å². The summed E-state index contributed by atoms with van der Waals surface area (Å²) in [7, 11) is 0. The van der Waals surface area contributed by atoms with Gasteiger partial charge in [0, 0.05) is 25.6 Å². The van der Waals surface area contributed by atoms with Gasteiger partial charge in [0.05, 0.1) is 0 Å². The van der Waals surface area contributed by atoms with Gasteiger partial charge in [-0.3, -0.25) is 4.79 Å². The van der Waals surface area contributed by atoms with Crippen LogP contribution in [0.1, 0.15) is 32.6 Å². The van der Waals surface area contributed by atoms with E-state index in [1.165, 1.54) is 19.3 Å². The molecule has 2 rings (SSSR count). The number of nitrogens with zero attached hydrogens (tertiary/aromatic N) is 1. The van der Waals surface area contributed by atoms with Crippen LogP contribution >= 0.6 is 0 Å². The van der Waals surface area contributed by atoms with Crippen molar-refractivity contribution >= 4 is 5.91 Å². The molecule has 0 spiro atoms. The van der Waals surface area contributed by atoms with Crippen LogP contribution in [0.3, 0.4) is 0 Å². The highest BCUT2D eigenvalue weighted by Crippen LogP contribution is 2.41. The average Bonchev–Trinajstić information content (AvgIpc) is 2.27. The Bertz CT molecular complexity index is 223. The molecule has 0 aromatic rings. The third-order valence-corrected chi connectivity index (χ3v) is 3.38. The summed E-state index contributed by atoms with van der Waals surface area (Å²) in [6.07, 6.45) is 4.42. The highest BCUT2D eigenvalue weighted by atomic mass is 16.2. The summed E-state index contributed by atoms with van der Waals surface area (Å²) in [6, 6.07) is 0.0798. The van der Waals surface area contributed by atoms with Gasteiger partial charge in [-0.1, -0.05) is 13.3 Å². The highest BCUT2D eigenvalue weighted by molar-refractivity contribution is 5.79. The number of carbonyl (C=O) groups excluding carboxylic acids is 1. The smallest absolute Gasteiger partial charge is 0.224 e. The van der Waals surface area contributed by atoms with E-state index in [1.807, 2.05) is 4.90 Å². The maximum Gasteiger partial charge on any atom is 0.224 e. The van der Waals surface area contributed by atoms with Gasteiger partial charge < -0.3 is 10.6 Å². The lowest BCUT2D eigenvalue weighted by Crippen LogP contribution is -2.41. The quantitative estimate of drug-likeness (QED) is 0.684. The zero-order chi connectivity index (χ0) is 9.47. The van der Waals surface area contributed by atoms with Crippen LogP contribution in [-0.2, 0) is 4.79 Å². The molecule has 1 aliphatic heterocycles. The second-order valence-corrected chi connectivity index (χ2v) is 4.90. The Morgan fingerprint density at radius 1 is 1.62 bits per heavy atom. The molecule has 0 radical (unpaired) electrons. The van der Waals surface area contributed by atoms with Crippen LogP contribution < -0.4 is 5.73 Å². The monoisotopic (exact) mass is 182 g/mol. The maximum absolute atomic E-state index is 11.4. The topological polar surface area (TPSA) is 46.3 Å². The van der Waals surface area contributed by atoms with E-state index >= 15 is 0 Å². The first kappa shape index (κ1) is 9.00. The molecule has 3 nitrogen and oxygen atoms in total. The Hall–Kier alpha value is -0.570. The van der Waals surface area contributed by atoms with E-state index < -0.39 is 0 Å². The fourth-order valence-corrected chi connectivity index (χ4v) is 2.35. The molecule has 1 heterocycles. The van der Waals surface area contributed by atoms with E-state index in [1.54, 1.807) is 0 Å². The standard InChI is InChI=1S/C10H18N2O/c1-10(3-2-4-10)7-12-6-8(11)5-9(12)13/h8H,2-7,11H2,1H3. The largest absolute Gasteiger partial charge is 0.341 e. The zero-order valence-corrected chi connectivity index (χ0v) is 8.25. The Morgan fingerprint density at radius 2 is 2.31 bits per heavy atom. The number of hydrogen-bond acceptors (Lipinski definition) is 2. The second kappa shape index (κ2) is 2.98. The summed E-state index contributed by atoms with van der Waals surface area (Å²) < 4.78 is 0. The van der Waals surface area contributed by atoms with Crippen LogP contribution in [0, 0.1) is 5.41 Å². The van der Waals surface area contributed by atoms with Gasteiger partial charge in [0.15, 0.2) is 0 Å². The molecular formula is C10H18N2O. The molecule has 1 atom stereocenters. The predicted octanol–water partition coefficient (Wildman–Crippen LogP) is 0.736. The molecule has 74 valence electrons. The molecule has 2 fully saturated rings. The predicted molar refractivity (Wildman–Crippen MR) is 51.1 cm³/mol. The van der Waals surface area contributed by atoms with Gasteiger partial charge in [0.2, 0.25) is 5.91 Å². The van der Waals surface area contributed by atoms with Gasteiger partial charge in [-0.2, -0.15) is 0 Å². The van der Waals surface area contributed by atoms with Crippen LogP contribution in [0.5, 0.6) is 0 Å². The molecule has 1 saturated heterocycles. The third-order valence-electron chi connectivity index (χ3n) is 3.38. The van der Waals surface area contributed by atoms with E-state index in [4.69, 9.17) is 5.73 Å². The molecular weight excluding hydrogens is 164 g/mol. The summed E-state index contributed by atoms with van der Waals surface area (Å²) in [4.78, 5) is 13.4. The summed E-state index contributed by atoms with van der Waals surface area (Å²) in [6.45, 7) is 3.97. The summed E-state index contributed by atoms with van der Waals surface area (Å²) in [5.74, 6) is 0.251. The van der Waals surface area contributed by atoms with Crippen molar-refractivity contribution in [3.63, 3.8) is 0 Å². The molecule has 3 heteroatoms. The van der Waals surface area contributed by atoms with Crippen molar-refractivity contribution in [1.29, 1.82) is 0 Å². The average molecular weight is 182 g/mol. The molecule has 1 unspecified atom stereocenters. The first-order valence-corrected chi connectivity index (χ1v) is 5.12. The van der Waals surface area contributed by atoms with Crippen molar-refractivity contribution in [2.24, 2.45) is 11.1 Å². The van der Waals surface area contributed by atoms with Crippen molar-refractivity contribution in [3.05, 3.63) is 0 Å². The molecule has 1 amide bonds. The number of rotatable bonds is 2. The molecule has 1 aliphatic carbocycles. The first-order chi connectivity index (χ1) is 6.09. The van der Waals surface area contributed by atoms with Crippen LogP contribution in [0.2, 0.25) is 0 Å². The molecule has 13 heavy (non-hydrogen) atoms. The Kier molecular flexibility index (Phi) is 2.06. The van der Waals surface area contributed by atoms with Crippen molar-refractivity contribution in [2.45, 2.75) is 38.6 Å². The Morgan fingerprint density at radius 3 is 2.69 bits per heavy atom. The summed E-state index contributed by atoms with van der Waals surface area (Å²) in [5.41, 5.74) is 6.13. The van der Waals surface area contributed by atoms with E-state index in [0.717, 1.165) is 13.1 Å². The van der Waals surface area contributed by atoms with Gasteiger partial charge in [0.25, 0.3) is 0 Å². The van der Waals surface area contributed by atoms with Crippen LogP contribution in [-0.4, -0.2) is 29.9 Å². The van der Waals surface area contributed by atoms with Gasteiger partial charge in [-0.25, -0.2) is 0 Å². The van der Waals surface area contributed by atoms with Crippen molar-refractivity contribution in [2.75, 3.05) is 13.1 Å². The van der Waals surface area contributed by atoms with Crippen molar-refractivity contribution in [1.82, 2.24) is 4.90 Å². The fraction of sp³-hybridized carbons (Fsp3) is 0.900. The van der Waals surface area contributed by atoms with Crippen LogP contribution in [0.4, 0.5) is 0 Å². The molecule has 0 bridgehead atoms. The highest BCUT2D eigenvalue weighted by Gasteiger charge is 2.37. The van der Waals surface area contributed by atoms with E-state index in [-0.39, 0.29) is 11.9 Å². The third kappa shape index (κ3) is 1.70. The van der Waals surface area contributed by atoms with Gasteiger partial charge in [-0.15, -0.1) is 0 Å². The van der Waals surface area contributed by atoms with E-state index in [2.05, 4.69) is 6.92 Å². The lowest BCUT2D eigenvalue weighted by Gasteiger charge is -2.41. The minimum absolute atomic E-state index is 0.0798. The Labute approximate surface area is 79.3 Å². The lowest BCUT2D eigenvalue weighted by atomic mass is 9.70. The Balaban J connectivity index is 1.91. The molecule has 2 N–H and O–H groups in total. The SMILES string of the molecule is CC1(CN2CC(N)CC2=O)CCC1. The minimum atomic E-state index is 0.0798. The normalized spacial score (nSPS) is 32.0. The molecule has 0 aromatic heterocycles. The molecule has 2 aliphatic rings. The summed E-state index contributed by atoms with van der Waals surface area (Å²) >= 11 is 0. The minimum Gasteiger partial charge on any atom is -0.341 e. The maximum atomic E-state index is 11.4. The number of carbonyl (C=O) groups is 1. The number of hydrogen-bond donors (Lipinski definition) is 1. The van der Waals surface area contributed by atoms with E-state index in [9.17, 15) is 4.79 Å². The van der Waals surface area contributed by atoms with Crippen LogP contribution in [0.15, 0.2) is 0 Å². The number of amides is 1. The summed E-state index contributed by atoms with van der Waals surface area (Å²) in [5, 5.41) is 0. The lowest BCUT2D eigenvalue weighted by molar-refractivity contribution is -0.129. The molecule has 0 aromatic carbocycles. The second-order valence-electron chi connectivity index (χ2n) is 4.90. The molecule has 1 saturated carbocycles. The first-order valence-electron chi connectivity index (χ1n) is 5.12. The zero-order valence-electron chi connectivity index (χ0n) is 8.25. The van der Waals surface area contributed by atoms with Gasteiger partial charge in [0.1, 0.15) is 0 Å². The fourth-order valence-electron chi connectivity index (χ4n) is 2.35. The van der Waals surface area contributed by atoms with Gasteiger partial charge in [-0.05, 0) is 18.3 Å². The van der Waals surface area contributed by atoms with Crippen molar-refractivity contribution < 1.29 is 4.79 Å². The van der Waals surface area contributed by atoms with Gasteiger partial charge >= 0.3 is 0 Å². The number of likely N-dealkylation sites (tertiary alicyclic amines) is 1.